The van der Waals surface area contributed by atoms with Crippen molar-refractivity contribution in [1.82, 2.24) is 4.72 Å². The van der Waals surface area contributed by atoms with E-state index < -0.39 is 16.0 Å². The molecule has 0 aromatic heterocycles. The highest BCUT2D eigenvalue weighted by molar-refractivity contribution is 7.89. The highest BCUT2D eigenvalue weighted by Crippen LogP contribution is 2.11. The Labute approximate surface area is 118 Å². The summed E-state index contributed by atoms with van der Waals surface area (Å²) in [7, 11) is -2.27. The van der Waals surface area contributed by atoms with Gasteiger partial charge in [0.15, 0.2) is 0 Å². The quantitative estimate of drug-likeness (QED) is 0.590. The monoisotopic (exact) mass is 308 g/mol. The molecule has 0 aliphatic rings. The summed E-state index contributed by atoms with van der Waals surface area (Å²) in [5.41, 5.74) is 5.58. The Morgan fingerprint density at radius 1 is 1.32 bits per heavy atom. The smallest absolute Gasteiger partial charge is 0.337 e. The van der Waals surface area contributed by atoms with E-state index in [1.54, 1.807) is 0 Å². The first-order chi connectivity index (χ1) is 8.51. The molecule has 0 radical (unpaired) electrons. The average molecular weight is 309 g/mol. The lowest BCUT2D eigenvalue weighted by molar-refractivity contribution is 0.0600. The van der Waals surface area contributed by atoms with Gasteiger partial charge in [-0.15, -0.1) is 12.4 Å². The lowest BCUT2D eigenvalue weighted by Crippen LogP contribution is -2.26. The van der Waals surface area contributed by atoms with Crippen molar-refractivity contribution in [2.45, 2.75) is 11.3 Å². The molecule has 19 heavy (non-hydrogen) atoms. The zero-order valence-electron chi connectivity index (χ0n) is 10.5. The van der Waals surface area contributed by atoms with E-state index in [9.17, 15) is 13.2 Å². The molecule has 0 unspecified atom stereocenters. The minimum Gasteiger partial charge on any atom is -0.465 e. The van der Waals surface area contributed by atoms with E-state index in [-0.39, 0.29) is 23.8 Å². The van der Waals surface area contributed by atoms with Gasteiger partial charge in [0.25, 0.3) is 0 Å². The van der Waals surface area contributed by atoms with Crippen LogP contribution in [0.25, 0.3) is 0 Å². The Hall–Kier alpha value is -1.15. The lowest BCUT2D eigenvalue weighted by atomic mass is 10.2. The first-order valence-electron chi connectivity index (χ1n) is 5.39. The second-order valence-corrected chi connectivity index (χ2v) is 5.32. The van der Waals surface area contributed by atoms with E-state index in [0.717, 1.165) is 0 Å². The van der Waals surface area contributed by atoms with Gasteiger partial charge in [0, 0.05) is 6.54 Å². The van der Waals surface area contributed by atoms with Crippen molar-refractivity contribution >= 4 is 28.4 Å². The number of esters is 1. The van der Waals surface area contributed by atoms with Gasteiger partial charge in [-0.25, -0.2) is 17.9 Å². The highest BCUT2D eigenvalue weighted by Gasteiger charge is 2.14. The molecule has 0 saturated carbocycles. The van der Waals surface area contributed by atoms with Crippen LogP contribution in [-0.4, -0.2) is 34.6 Å². The Bertz CT molecular complexity index is 502. The van der Waals surface area contributed by atoms with Gasteiger partial charge in [-0.1, -0.05) is 0 Å². The molecule has 0 atom stereocenters. The van der Waals surface area contributed by atoms with Gasteiger partial charge < -0.3 is 10.5 Å². The third kappa shape index (κ3) is 5.15. The van der Waals surface area contributed by atoms with Crippen LogP contribution in [0.5, 0.6) is 0 Å². The van der Waals surface area contributed by atoms with Crippen LogP contribution in [0.3, 0.4) is 0 Å². The van der Waals surface area contributed by atoms with Crippen LogP contribution < -0.4 is 10.5 Å². The molecular weight excluding hydrogens is 292 g/mol. The number of hydrogen-bond donors (Lipinski definition) is 2. The van der Waals surface area contributed by atoms with Gasteiger partial charge in [0.1, 0.15) is 0 Å². The number of benzene rings is 1. The van der Waals surface area contributed by atoms with E-state index in [1.165, 1.54) is 31.4 Å². The zero-order valence-corrected chi connectivity index (χ0v) is 12.1. The Morgan fingerprint density at radius 2 is 1.89 bits per heavy atom. The number of carbonyl (C=O) groups excluding carboxylic acids is 1. The SMILES string of the molecule is COC(=O)c1ccc(S(=O)(=O)NCCCN)cc1.Cl. The van der Waals surface area contributed by atoms with E-state index in [1.807, 2.05) is 0 Å². The van der Waals surface area contributed by atoms with Crippen molar-refractivity contribution in [3.05, 3.63) is 29.8 Å². The lowest BCUT2D eigenvalue weighted by Gasteiger charge is -2.06. The van der Waals surface area contributed by atoms with E-state index >= 15 is 0 Å². The molecule has 8 heteroatoms. The highest BCUT2D eigenvalue weighted by atomic mass is 35.5. The Balaban J connectivity index is 0.00000324. The number of ether oxygens (including phenoxy) is 1. The molecule has 1 aromatic carbocycles. The molecule has 1 rings (SSSR count). The zero-order chi connectivity index (χ0) is 13.6. The molecule has 108 valence electrons. The number of nitrogens with two attached hydrogens (primary N) is 1. The number of rotatable bonds is 6. The van der Waals surface area contributed by atoms with Crippen LogP contribution in [0.4, 0.5) is 0 Å². The third-order valence-electron chi connectivity index (χ3n) is 2.26. The summed E-state index contributed by atoms with van der Waals surface area (Å²) >= 11 is 0. The van der Waals surface area contributed by atoms with E-state index in [0.29, 0.717) is 18.5 Å². The van der Waals surface area contributed by atoms with Crippen LogP contribution >= 0.6 is 12.4 Å². The van der Waals surface area contributed by atoms with Crippen LogP contribution in [0.15, 0.2) is 29.2 Å². The number of methoxy groups -OCH3 is 1. The Kier molecular flexibility index (Phi) is 7.62. The molecule has 0 saturated heterocycles. The first kappa shape index (κ1) is 17.8. The van der Waals surface area contributed by atoms with Crippen molar-refractivity contribution in [2.75, 3.05) is 20.2 Å². The van der Waals surface area contributed by atoms with Gasteiger partial charge in [0.05, 0.1) is 17.6 Å². The van der Waals surface area contributed by atoms with Crippen LogP contribution in [0, 0.1) is 0 Å². The van der Waals surface area contributed by atoms with Crippen molar-refractivity contribution in [3.8, 4) is 0 Å². The molecule has 0 spiro atoms. The number of carbonyl (C=O) groups is 1. The maximum absolute atomic E-state index is 11.8. The largest absolute Gasteiger partial charge is 0.465 e. The van der Waals surface area contributed by atoms with Gasteiger partial charge in [-0.2, -0.15) is 0 Å². The summed E-state index contributed by atoms with van der Waals surface area (Å²) in [6.45, 7) is 0.710. The summed E-state index contributed by atoms with van der Waals surface area (Å²) in [6.07, 6.45) is 0.569. The summed E-state index contributed by atoms with van der Waals surface area (Å²) in [4.78, 5) is 11.3. The maximum atomic E-state index is 11.8. The fourth-order valence-electron chi connectivity index (χ4n) is 1.28. The number of nitrogens with one attached hydrogen (secondary N) is 1. The predicted octanol–water partition coefficient (Wildman–Crippen LogP) is 0.522. The molecular formula is C11H17ClN2O4S. The molecule has 0 bridgehead atoms. The molecule has 1 aromatic rings. The predicted molar refractivity (Wildman–Crippen MR) is 73.9 cm³/mol. The van der Waals surface area contributed by atoms with E-state index in [2.05, 4.69) is 9.46 Å². The average Bonchev–Trinajstić information content (AvgIpc) is 2.38. The normalized spacial score (nSPS) is 10.6. The molecule has 0 heterocycles. The number of hydrogen-bond acceptors (Lipinski definition) is 5. The summed E-state index contributed by atoms with van der Waals surface area (Å²) in [6, 6.07) is 5.53. The summed E-state index contributed by atoms with van der Waals surface area (Å²) in [5.74, 6) is -0.505. The maximum Gasteiger partial charge on any atom is 0.337 e. The fraction of sp³-hybridized carbons (Fsp3) is 0.364. The van der Waals surface area contributed by atoms with E-state index in [4.69, 9.17) is 5.73 Å². The minimum atomic E-state index is -3.54. The van der Waals surface area contributed by atoms with Crippen LogP contribution in [-0.2, 0) is 14.8 Å². The minimum absolute atomic E-state index is 0. The standard InChI is InChI=1S/C11H16N2O4S.ClH/c1-17-11(14)9-3-5-10(6-4-9)18(15,16)13-8-2-7-12;/h3-6,13H,2,7-8,12H2,1H3;1H. The molecule has 0 aliphatic carbocycles. The van der Waals surface area contributed by atoms with Crippen LogP contribution in [0.2, 0.25) is 0 Å². The van der Waals surface area contributed by atoms with Crippen molar-refractivity contribution in [3.63, 3.8) is 0 Å². The van der Waals surface area contributed by atoms with Gasteiger partial charge >= 0.3 is 5.97 Å². The summed E-state index contributed by atoms with van der Waals surface area (Å²) in [5, 5.41) is 0. The van der Waals surface area contributed by atoms with Crippen LogP contribution in [0.1, 0.15) is 16.8 Å². The van der Waals surface area contributed by atoms with Gasteiger partial charge in [-0.05, 0) is 37.2 Å². The van der Waals surface area contributed by atoms with Crippen molar-refractivity contribution in [1.29, 1.82) is 0 Å². The topological polar surface area (TPSA) is 98.5 Å². The third-order valence-corrected chi connectivity index (χ3v) is 3.74. The molecule has 0 amide bonds. The second kappa shape index (κ2) is 8.11. The molecule has 3 N–H and O–H groups in total. The van der Waals surface area contributed by atoms with Gasteiger partial charge in [-0.3, -0.25) is 0 Å². The molecule has 0 fully saturated rings. The molecule has 6 nitrogen and oxygen atoms in total. The summed E-state index contributed by atoms with van der Waals surface area (Å²) < 4.78 is 30.5. The first-order valence-corrected chi connectivity index (χ1v) is 6.87. The molecule has 0 aliphatic heterocycles. The Morgan fingerprint density at radius 3 is 2.37 bits per heavy atom. The van der Waals surface area contributed by atoms with Crippen molar-refractivity contribution < 1.29 is 17.9 Å². The van der Waals surface area contributed by atoms with Crippen molar-refractivity contribution in [2.24, 2.45) is 5.73 Å². The second-order valence-electron chi connectivity index (χ2n) is 3.56. The number of halogens is 1. The fourth-order valence-corrected chi connectivity index (χ4v) is 2.35. The number of sulfonamides is 1. The van der Waals surface area contributed by atoms with Gasteiger partial charge in [0.2, 0.25) is 10.0 Å².